The Morgan fingerprint density at radius 1 is 0.982 bits per heavy atom. The molecule has 2 aromatic heterocycles. The van der Waals surface area contributed by atoms with Crippen LogP contribution < -0.4 is 25.7 Å². The van der Waals surface area contributed by atoms with E-state index in [1.807, 2.05) is 12.1 Å². The van der Waals surface area contributed by atoms with Gasteiger partial charge in [-0.05, 0) is 61.9 Å². The third kappa shape index (κ3) is 6.57. The number of imide groups is 1. The fourth-order valence-corrected chi connectivity index (χ4v) is 8.46. The number of aromatic nitrogens is 4. The first-order chi connectivity index (χ1) is 27.5. The molecule has 16 heteroatoms. The molecule has 2 N–H and O–H groups in total. The van der Waals surface area contributed by atoms with E-state index in [0.29, 0.717) is 73.8 Å². The predicted octanol–water partition coefficient (Wildman–Crippen LogP) is 3.02. The minimum absolute atomic E-state index is 0.0641. The fourth-order valence-electron chi connectivity index (χ4n) is 8.46. The summed E-state index contributed by atoms with van der Waals surface area (Å²) < 4.78 is 14.8. The number of carbonyl (C=O) groups is 5. The van der Waals surface area contributed by atoms with Crippen molar-refractivity contribution in [2.45, 2.75) is 70.1 Å². The van der Waals surface area contributed by atoms with Crippen LogP contribution in [-0.2, 0) is 47.5 Å². The molecule has 2 aromatic carbocycles. The van der Waals surface area contributed by atoms with Crippen molar-refractivity contribution in [3.05, 3.63) is 86.6 Å². The zero-order valence-corrected chi connectivity index (χ0v) is 31.9. The second-order valence-corrected chi connectivity index (χ2v) is 14.9. The molecule has 3 aliphatic carbocycles. The first-order valence-corrected chi connectivity index (χ1v) is 19.0. The lowest BCUT2D eigenvalue weighted by Gasteiger charge is -2.53. The van der Waals surface area contributed by atoms with Gasteiger partial charge in [-0.15, -0.1) is 5.10 Å². The number of hydrogen-bond donors (Lipinski definition) is 2. The van der Waals surface area contributed by atoms with E-state index in [1.165, 1.54) is 0 Å². The third-order valence-corrected chi connectivity index (χ3v) is 11.5. The number of aliphatic imine (C=N–C) groups is 1. The number of aryl methyl sites for hydroxylation is 2. The van der Waals surface area contributed by atoms with Crippen LogP contribution in [0.3, 0.4) is 0 Å². The molecule has 57 heavy (non-hydrogen) atoms. The van der Waals surface area contributed by atoms with Crippen molar-refractivity contribution in [3.8, 4) is 22.6 Å². The number of ketones is 2. The maximum Gasteiger partial charge on any atom is 0.264 e. The summed E-state index contributed by atoms with van der Waals surface area (Å²) in [6.07, 6.45) is 7.52. The Morgan fingerprint density at radius 2 is 1.75 bits per heavy atom. The Bertz CT molecular complexity index is 2420. The van der Waals surface area contributed by atoms with Gasteiger partial charge in [0, 0.05) is 72.8 Å². The molecule has 3 amide bonds. The minimum atomic E-state index is -1.23. The average Bonchev–Trinajstić information content (AvgIpc) is 3.93. The van der Waals surface area contributed by atoms with E-state index in [-0.39, 0.29) is 65.9 Å². The smallest absolute Gasteiger partial charge is 0.264 e. The molecule has 9 rings (SSSR count). The molecule has 2 bridgehead atoms. The van der Waals surface area contributed by atoms with Gasteiger partial charge >= 0.3 is 0 Å². The highest BCUT2D eigenvalue weighted by Gasteiger charge is 2.64. The highest BCUT2D eigenvalue weighted by atomic mass is 16.5. The second-order valence-electron chi connectivity index (χ2n) is 14.9. The maximum atomic E-state index is 13.6. The van der Waals surface area contributed by atoms with Crippen LogP contribution in [0.15, 0.2) is 52.5 Å². The lowest BCUT2D eigenvalue weighted by molar-refractivity contribution is -0.153. The molecule has 0 atom stereocenters. The predicted molar refractivity (Wildman–Crippen MR) is 206 cm³/mol. The number of nitrogens with zero attached hydrogens (tertiary/aromatic N) is 6. The standard InChI is InChI=1S/C41H42N8O8/c1-47-22-30(28-19-42-20-29(28)38(47)53)23-13-33(56-2)26(34(14-23)57-3)7-5-10-36(52)43-11-6-12-48-21-25(45-46-48)18-44-31-9-4-8-27-37(31)40(55)49(39(27)54)41-16-24(17-41)32(50)15-35(41)51/h4,8-9,13-14,19,21-22,24,44H,5-7,10-12,15-18,20H2,1-3H3,(H,43,52). The van der Waals surface area contributed by atoms with E-state index in [9.17, 15) is 28.8 Å². The van der Waals surface area contributed by atoms with Gasteiger partial charge < -0.3 is 24.7 Å². The summed E-state index contributed by atoms with van der Waals surface area (Å²) in [6, 6.07) is 8.81. The number of benzene rings is 2. The highest BCUT2D eigenvalue weighted by Crippen LogP contribution is 2.51. The molecule has 5 aliphatic rings. The van der Waals surface area contributed by atoms with Crippen molar-refractivity contribution in [1.82, 2.24) is 29.8 Å². The van der Waals surface area contributed by atoms with Crippen LogP contribution >= 0.6 is 0 Å². The average molecular weight is 775 g/mol. The van der Waals surface area contributed by atoms with Crippen molar-refractivity contribution >= 4 is 41.2 Å². The van der Waals surface area contributed by atoms with E-state index in [2.05, 4.69) is 25.9 Å². The molecule has 0 radical (unpaired) electrons. The van der Waals surface area contributed by atoms with Gasteiger partial charge in [-0.2, -0.15) is 0 Å². The molecule has 0 spiro atoms. The summed E-state index contributed by atoms with van der Waals surface area (Å²) in [4.78, 5) is 82.7. The zero-order valence-electron chi connectivity index (χ0n) is 31.9. The van der Waals surface area contributed by atoms with Crippen molar-refractivity contribution in [2.75, 3.05) is 26.1 Å². The van der Waals surface area contributed by atoms with Crippen LogP contribution in [0.1, 0.15) is 81.6 Å². The van der Waals surface area contributed by atoms with Gasteiger partial charge in [-0.3, -0.25) is 43.3 Å². The van der Waals surface area contributed by atoms with Crippen LogP contribution in [0.25, 0.3) is 11.1 Å². The van der Waals surface area contributed by atoms with Gasteiger partial charge in [0.15, 0.2) is 5.78 Å². The van der Waals surface area contributed by atoms with Crippen molar-refractivity contribution in [2.24, 2.45) is 18.0 Å². The van der Waals surface area contributed by atoms with Crippen molar-refractivity contribution < 1.29 is 33.4 Å². The van der Waals surface area contributed by atoms with Gasteiger partial charge in [-0.1, -0.05) is 11.3 Å². The van der Waals surface area contributed by atoms with Crippen LogP contribution in [0, 0.1) is 5.92 Å². The Labute approximate surface area is 327 Å². The van der Waals surface area contributed by atoms with Crippen LogP contribution in [0.5, 0.6) is 11.5 Å². The molecule has 3 saturated carbocycles. The Kier molecular flexibility index (Phi) is 9.79. The van der Waals surface area contributed by atoms with Crippen LogP contribution in [-0.4, -0.2) is 86.3 Å². The van der Waals surface area contributed by atoms with E-state index in [1.54, 1.807) is 67.3 Å². The summed E-state index contributed by atoms with van der Waals surface area (Å²) >= 11 is 0. The van der Waals surface area contributed by atoms with Crippen molar-refractivity contribution in [3.63, 3.8) is 0 Å². The summed E-state index contributed by atoms with van der Waals surface area (Å²) in [6.45, 7) is 1.55. The lowest BCUT2D eigenvalue weighted by Crippen LogP contribution is -2.68. The number of nitrogens with one attached hydrogen (secondary N) is 2. The number of carbonyl (C=O) groups excluding carboxylic acids is 5. The molecular formula is C41H42N8O8. The number of ether oxygens (including phenoxy) is 2. The first kappa shape index (κ1) is 37.5. The molecule has 0 saturated heterocycles. The molecule has 4 aromatic rings. The van der Waals surface area contributed by atoms with Gasteiger partial charge in [0.2, 0.25) is 5.91 Å². The summed E-state index contributed by atoms with van der Waals surface area (Å²) in [5.41, 5.74) is 4.22. The first-order valence-electron chi connectivity index (χ1n) is 19.0. The number of pyridine rings is 1. The number of Topliss-reactive ketones (excluding diaryl/α,β-unsaturated/α-hetero) is 2. The molecular weight excluding hydrogens is 732 g/mol. The van der Waals surface area contributed by atoms with Crippen LogP contribution in [0.4, 0.5) is 5.69 Å². The largest absolute Gasteiger partial charge is 0.496 e. The third-order valence-electron chi connectivity index (χ3n) is 11.5. The summed E-state index contributed by atoms with van der Waals surface area (Å²) in [5, 5.41) is 14.6. The number of fused-ring (bicyclic) bond motifs is 4. The fraction of sp³-hybridized carbons (Fsp3) is 0.390. The van der Waals surface area contributed by atoms with E-state index in [4.69, 9.17) is 9.47 Å². The number of anilines is 1. The Balaban J connectivity index is 0.806. The van der Waals surface area contributed by atoms with E-state index < -0.39 is 17.4 Å². The van der Waals surface area contributed by atoms with Gasteiger partial charge in [0.1, 0.15) is 28.5 Å². The lowest BCUT2D eigenvalue weighted by atomic mass is 9.57. The second kappa shape index (κ2) is 14.9. The monoisotopic (exact) mass is 774 g/mol. The Morgan fingerprint density at radius 3 is 2.49 bits per heavy atom. The summed E-state index contributed by atoms with van der Waals surface area (Å²) in [5.74, 6) is -0.613. The SMILES string of the molecule is COc1cc(-c2cn(C)c(=O)c3c2C=NC3)cc(OC)c1CCCC(=O)NCCCn1cc(CNc2cccc3c2C(=O)N(C24CC(C2)C(=O)CC4=O)C3=O)nn1. The molecule has 0 unspecified atom stereocenters. The number of amides is 3. The summed E-state index contributed by atoms with van der Waals surface area (Å²) in [7, 11) is 4.92. The molecule has 4 heterocycles. The van der Waals surface area contributed by atoms with E-state index in [0.717, 1.165) is 27.2 Å². The van der Waals surface area contributed by atoms with Gasteiger partial charge in [-0.25, -0.2) is 0 Å². The maximum absolute atomic E-state index is 13.6. The number of rotatable bonds is 15. The van der Waals surface area contributed by atoms with Gasteiger partial charge in [0.25, 0.3) is 17.4 Å². The van der Waals surface area contributed by atoms with E-state index >= 15 is 0 Å². The number of methoxy groups -OCH3 is 2. The topological polar surface area (TPSA) is 196 Å². The zero-order chi connectivity index (χ0) is 40.0. The van der Waals surface area contributed by atoms with Crippen molar-refractivity contribution in [1.29, 1.82) is 0 Å². The molecule has 2 aliphatic heterocycles. The van der Waals surface area contributed by atoms with Crippen LogP contribution in [0.2, 0.25) is 0 Å². The molecule has 16 nitrogen and oxygen atoms in total. The number of hydrogen-bond acceptors (Lipinski definition) is 12. The van der Waals surface area contributed by atoms with Gasteiger partial charge in [0.05, 0.1) is 51.1 Å². The molecule has 294 valence electrons. The normalized spacial score (nSPS) is 19.1. The highest BCUT2D eigenvalue weighted by molar-refractivity contribution is 6.27. The quantitative estimate of drug-likeness (QED) is 0.102. The minimum Gasteiger partial charge on any atom is -0.496 e. The molecule has 3 fully saturated rings. The Hall–Kier alpha value is -6.45.